The molecule has 1 saturated heterocycles. The average molecular weight is 291 g/mol. The summed E-state index contributed by atoms with van der Waals surface area (Å²) in [4.78, 5) is 0. The Hall–Kier alpha value is -0.340. The first-order valence-corrected chi connectivity index (χ1v) is 8.96. The number of rotatable bonds is 3. The van der Waals surface area contributed by atoms with Gasteiger partial charge in [-0.3, -0.25) is 0 Å². The van der Waals surface area contributed by atoms with E-state index in [9.17, 15) is 0 Å². The molecule has 0 aromatic heterocycles. The Bertz CT molecular complexity index is 390. The van der Waals surface area contributed by atoms with E-state index < -0.39 is 0 Å². The van der Waals surface area contributed by atoms with Crippen molar-refractivity contribution in [2.24, 2.45) is 10.8 Å². The number of ether oxygens (including phenoxy) is 1. The zero-order valence-electron chi connectivity index (χ0n) is 14.3. The van der Waals surface area contributed by atoms with Gasteiger partial charge in [0.1, 0.15) is 0 Å². The standard InChI is InChI=1S/C19H33NO/c1-17(2,3)20-15-19(16-7-5-4-6-8-16)13-18(14-19)9-11-21-12-10-18/h7,20H,4-6,8-15H2,1-3H3. The zero-order chi connectivity index (χ0) is 15.0. The van der Waals surface area contributed by atoms with Crippen molar-refractivity contribution in [1.82, 2.24) is 5.32 Å². The molecular formula is C19H33NO. The van der Waals surface area contributed by atoms with Gasteiger partial charge in [0.05, 0.1) is 0 Å². The zero-order valence-corrected chi connectivity index (χ0v) is 14.3. The monoisotopic (exact) mass is 291 g/mol. The molecule has 1 N–H and O–H groups in total. The molecule has 1 aliphatic heterocycles. The Kier molecular flexibility index (Phi) is 4.22. The predicted molar refractivity (Wildman–Crippen MR) is 88.5 cm³/mol. The summed E-state index contributed by atoms with van der Waals surface area (Å²) in [7, 11) is 0. The van der Waals surface area contributed by atoms with Gasteiger partial charge in [0.25, 0.3) is 0 Å². The maximum absolute atomic E-state index is 5.60. The first-order valence-electron chi connectivity index (χ1n) is 8.96. The molecule has 1 spiro atoms. The fourth-order valence-corrected chi connectivity index (χ4v) is 4.76. The minimum Gasteiger partial charge on any atom is -0.381 e. The van der Waals surface area contributed by atoms with Crippen molar-refractivity contribution in [3.8, 4) is 0 Å². The maximum atomic E-state index is 5.60. The quantitative estimate of drug-likeness (QED) is 0.776. The van der Waals surface area contributed by atoms with Crippen LogP contribution in [0.15, 0.2) is 11.6 Å². The van der Waals surface area contributed by atoms with Crippen LogP contribution in [0.2, 0.25) is 0 Å². The van der Waals surface area contributed by atoms with E-state index in [0.717, 1.165) is 13.2 Å². The number of nitrogens with one attached hydrogen (secondary N) is 1. The lowest BCUT2D eigenvalue weighted by Crippen LogP contribution is -2.56. The number of allylic oxidation sites excluding steroid dienone is 1. The van der Waals surface area contributed by atoms with Crippen LogP contribution in [0, 0.1) is 10.8 Å². The molecule has 0 aromatic carbocycles. The van der Waals surface area contributed by atoms with Gasteiger partial charge in [0.2, 0.25) is 0 Å². The van der Waals surface area contributed by atoms with Gasteiger partial charge in [-0.25, -0.2) is 0 Å². The fourth-order valence-electron chi connectivity index (χ4n) is 4.76. The molecule has 0 aromatic rings. The molecule has 1 heterocycles. The molecule has 2 aliphatic carbocycles. The summed E-state index contributed by atoms with van der Waals surface area (Å²) in [6.07, 6.45) is 13.4. The van der Waals surface area contributed by atoms with Crippen molar-refractivity contribution in [1.29, 1.82) is 0 Å². The first kappa shape index (κ1) is 15.6. The van der Waals surface area contributed by atoms with E-state index in [4.69, 9.17) is 4.74 Å². The molecule has 0 radical (unpaired) electrons. The third-order valence-corrected chi connectivity index (χ3v) is 5.91. The minimum absolute atomic E-state index is 0.223. The number of hydrogen-bond donors (Lipinski definition) is 1. The lowest BCUT2D eigenvalue weighted by Gasteiger charge is -2.60. The smallest absolute Gasteiger partial charge is 0.0471 e. The highest BCUT2D eigenvalue weighted by Gasteiger charge is 2.55. The third-order valence-electron chi connectivity index (χ3n) is 5.91. The van der Waals surface area contributed by atoms with Crippen LogP contribution in [0.1, 0.15) is 72.1 Å². The third kappa shape index (κ3) is 3.37. The minimum atomic E-state index is 0.223. The van der Waals surface area contributed by atoms with Gasteiger partial charge in [-0.1, -0.05) is 11.6 Å². The molecule has 120 valence electrons. The summed E-state index contributed by atoms with van der Waals surface area (Å²) in [5, 5.41) is 3.81. The lowest BCUT2D eigenvalue weighted by molar-refractivity contribution is -0.0944. The highest BCUT2D eigenvalue weighted by Crippen LogP contribution is 2.63. The lowest BCUT2D eigenvalue weighted by atomic mass is 9.47. The van der Waals surface area contributed by atoms with Gasteiger partial charge < -0.3 is 10.1 Å². The van der Waals surface area contributed by atoms with Crippen LogP contribution in [0.25, 0.3) is 0 Å². The second-order valence-electron chi connectivity index (χ2n) is 8.82. The number of hydrogen-bond acceptors (Lipinski definition) is 2. The molecule has 0 bridgehead atoms. The highest BCUT2D eigenvalue weighted by atomic mass is 16.5. The molecule has 3 aliphatic rings. The van der Waals surface area contributed by atoms with E-state index in [-0.39, 0.29) is 5.54 Å². The van der Waals surface area contributed by atoms with Gasteiger partial charge in [-0.2, -0.15) is 0 Å². The molecule has 3 rings (SSSR count). The molecule has 0 unspecified atom stereocenters. The van der Waals surface area contributed by atoms with Crippen LogP contribution in [-0.2, 0) is 4.74 Å². The van der Waals surface area contributed by atoms with Crippen molar-refractivity contribution in [3.05, 3.63) is 11.6 Å². The van der Waals surface area contributed by atoms with Crippen LogP contribution in [0.5, 0.6) is 0 Å². The molecule has 2 nitrogen and oxygen atoms in total. The summed E-state index contributed by atoms with van der Waals surface area (Å²) < 4.78 is 5.60. The molecular weight excluding hydrogens is 258 g/mol. The summed E-state index contributed by atoms with van der Waals surface area (Å²) >= 11 is 0. The average Bonchev–Trinajstić information content (AvgIpc) is 2.44. The predicted octanol–water partition coefficient (Wildman–Crippen LogP) is 4.45. The van der Waals surface area contributed by atoms with Gasteiger partial charge in [0, 0.05) is 30.7 Å². The summed E-state index contributed by atoms with van der Waals surface area (Å²) in [6, 6.07) is 0. The summed E-state index contributed by atoms with van der Waals surface area (Å²) in [5.41, 5.74) is 3.07. The van der Waals surface area contributed by atoms with Crippen molar-refractivity contribution < 1.29 is 4.74 Å². The molecule has 0 amide bonds. The van der Waals surface area contributed by atoms with Crippen LogP contribution >= 0.6 is 0 Å². The van der Waals surface area contributed by atoms with Crippen molar-refractivity contribution >= 4 is 0 Å². The molecule has 21 heavy (non-hydrogen) atoms. The largest absolute Gasteiger partial charge is 0.381 e. The normalized spacial score (nSPS) is 28.0. The van der Waals surface area contributed by atoms with E-state index in [1.807, 2.05) is 0 Å². The molecule has 2 heteroatoms. The molecule has 1 saturated carbocycles. The second-order valence-corrected chi connectivity index (χ2v) is 8.82. The van der Waals surface area contributed by atoms with Gasteiger partial charge in [-0.15, -0.1) is 0 Å². The Morgan fingerprint density at radius 2 is 1.86 bits per heavy atom. The Morgan fingerprint density at radius 1 is 1.14 bits per heavy atom. The Balaban J connectivity index is 1.72. The van der Waals surface area contributed by atoms with E-state index in [1.165, 1.54) is 57.9 Å². The van der Waals surface area contributed by atoms with E-state index in [2.05, 4.69) is 32.2 Å². The SMILES string of the molecule is CC(C)(C)NCC1(C2=CCCCC2)CC2(CCOCC2)C1. The van der Waals surface area contributed by atoms with Crippen LogP contribution < -0.4 is 5.32 Å². The summed E-state index contributed by atoms with van der Waals surface area (Å²) in [5.74, 6) is 0. The molecule has 2 fully saturated rings. The van der Waals surface area contributed by atoms with Gasteiger partial charge in [-0.05, 0) is 77.6 Å². The first-order chi connectivity index (χ1) is 9.93. The van der Waals surface area contributed by atoms with E-state index in [1.54, 1.807) is 5.57 Å². The van der Waals surface area contributed by atoms with Crippen LogP contribution in [0.4, 0.5) is 0 Å². The maximum Gasteiger partial charge on any atom is 0.0471 e. The van der Waals surface area contributed by atoms with Crippen LogP contribution in [0.3, 0.4) is 0 Å². The highest BCUT2D eigenvalue weighted by molar-refractivity contribution is 5.25. The van der Waals surface area contributed by atoms with Gasteiger partial charge in [0.15, 0.2) is 0 Å². The van der Waals surface area contributed by atoms with Crippen LogP contribution in [-0.4, -0.2) is 25.3 Å². The Morgan fingerprint density at radius 3 is 2.43 bits per heavy atom. The van der Waals surface area contributed by atoms with Crippen molar-refractivity contribution in [2.45, 2.75) is 77.7 Å². The molecule has 0 atom stereocenters. The van der Waals surface area contributed by atoms with Crippen molar-refractivity contribution in [3.63, 3.8) is 0 Å². The van der Waals surface area contributed by atoms with Crippen molar-refractivity contribution in [2.75, 3.05) is 19.8 Å². The van der Waals surface area contributed by atoms with E-state index >= 15 is 0 Å². The van der Waals surface area contributed by atoms with E-state index in [0.29, 0.717) is 10.8 Å². The fraction of sp³-hybridized carbons (Fsp3) is 0.895. The Labute approximate surface area is 130 Å². The topological polar surface area (TPSA) is 21.3 Å². The second kappa shape index (κ2) is 5.70. The van der Waals surface area contributed by atoms with Gasteiger partial charge >= 0.3 is 0 Å². The summed E-state index contributed by atoms with van der Waals surface area (Å²) in [6.45, 7) is 10.0.